The summed E-state index contributed by atoms with van der Waals surface area (Å²) in [4.78, 5) is 0. The predicted molar refractivity (Wildman–Crippen MR) is 68.7 cm³/mol. The standard InChI is InChI=1S/C13H29NO2/c1-5-13(4,11-15)10-14-8-6-7-9-16-12(2)3/h12,14-15H,5-11H2,1-4H3. The first kappa shape index (κ1) is 15.9. The van der Waals surface area contributed by atoms with Crippen LogP contribution in [0, 0.1) is 5.41 Å². The van der Waals surface area contributed by atoms with E-state index in [2.05, 4.69) is 33.0 Å². The van der Waals surface area contributed by atoms with Gasteiger partial charge in [-0.2, -0.15) is 0 Å². The summed E-state index contributed by atoms with van der Waals surface area (Å²) in [5.41, 5.74) is 0.0361. The van der Waals surface area contributed by atoms with E-state index in [-0.39, 0.29) is 12.0 Å². The Balaban J connectivity index is 3.33. The highest BCUT2D eigenvalue weighted by Crippen LogP contribution is 2.18. The number of unbranched alkanes of at least 4 members (excludes halogenated alkanes) is 1. The van der Waals surface area contributed by atoms with E-state index in [9.17, 15) is 5.11 Å². The maximum Gasteiger partial charge on any atom is 0.0518 e. The summed E-state index contributed by atoms with van der Waals surface area (Å²) in [7, 11) is 0. The zero-order chi connectivity index (χ0) is 12.4. The Morgan fingerprint density at radius 1 is 1.31 bits per heavy atom. The van der Waals surface area contributed by atoms with Gasteiger partial charge < -0.3 is 15.2 Å². The van der Waals surface area contributed by atoms with Gasteiger partial charge >= 0.3 is 0 Å². The lowest BCUT2D eigenvalue weighted by atomic mass is 9.89. The highest BCUT2D eigenvalue weighted by Gasteiger charge is 2.19. The minimum absolute atomic E-state index is 0.0361. The third-order valence-electron chi connectivity index (χ3n) is 2.99. The van der Waals surface area contributed by atoms with Crippen molar-refractivity contribution >= 4 is 0 Å². The molecule has 0 saturated heterocycles. The smallest absolute Gasteiger partial charge is 0.0518 e. The lowest BCUT2D eigenvalue weighted by Gasteiger charge is -2.25. The van der Waals surface area contributed by atoms with Gasteiger partial charge in [0.15, 0.2) is 0 Å². The molecule has 3 heteroatoms. The van der Waals surface area contributed by atoms with Gasteiger partial charge in [-0.25, -0.2) is 0 Å². The molecule has 0 aliphatic heterocycles. The molecule has 0 aliphatic carbocycles. The zero-order valence-electron chi connectivity index (χ0n) is 11.4. The SMILES string of the molecule is CCC(C)(CO)CNCCCCOC(C)C. The summed E-state index contributed by atoms with van der Waals surface area (Å²) in [5.74, 6) is 0. The number of aliphatic hydroxyl groups is 1. The molecule has 1 unspecified atom stereocenters. The van der Waals surface area contributed by atoms with Crippen LogP contribution in [-0.4, -0.2) is 37.5 Å². The van der Waals surface area contributed by atoms with Crippen LogP contribution in [0.15, 0.2) is 0 Å². The van der Waals surface area contributed by atoms with E-state index in [1.165, 1.54) is 0 Å². The monoisotopic (exact) mass is 231 g/mol. The fourth-order valence-electron chi connectivity index (χ4n) is 1.35. The van der Waals surface area contributed by atoms with Crippen molar-refractivity contribution in [2.45, 2.75) is 53.1 Å². The van der Waals surface area contributed by atoms with Crippen molar-refractivity contribution < 1.29 is 9.84 Å². The Bertz CT molecular complexity index is 156. The van der Waals surface area contributed by atoms with E-state index in [0.29, 0.717) is 6.10 Å². The average Bonchev–Trinajstić information content (AvgIpc) is 2.27. The Hall–Kier alpha value is -0.120. The van der Waals surface area contributed by atoms with Crippen LogP contribution in [0.1, 0.15) is 47.0 Å². The molecule has 0 aromatic carbocycles. The summed E-state index contributed by atoms with van der Waals surface area (Å²) in [6.45, 7) is 11.4. The van der Waals surface area contributed by atoms with Gasteiger partial charge in [-0.3, -0.25) is 0 Å². The Morgan fingerprint density at radius 2 is 2.00 bits per heavy atom. The molecule has 0 bridgehead atoms. The quantitative estimate of drug-likeness (QED) is 0.566. The fraction of sp³-hybridized carbons (Fsp3) is 1.00. The van der Waals surface area contributed by atoms with E-state index >= 15 is 0 Å². The van der Waals surface area contributed by atoms with Crippen molar-refractivity contribution in [2.24, 2.45) is 5.41 Å². The van der Waals surface area contributed by atoms with Gasteiger partial charge in [0, 0.05) is 25.2 Å². The average molecular weight is 231 g/mol. The van der Waals surface area contributed by atoms with Crippen molar-refractivity contribution in [3.63, 3.8) is 0 Å². The van der Waals surface area contributed by atoms with Gasteiger partial charge in [-0.15, -0.1) is 0 Å². The summed E-state index contributed by atoms with van der Waals surface area (Å²) in [6.07, 6.45) is 3.59. The summed E-state index contributed by atoms with van der Waals surface area (Å²) < 4.78 is 5.46. The van der Waals surface area contributed by atoms with E-state index in [1.807, 2.05) is 0 Å². The van der Waals surface area contributed by atoms with E-state index < -0.39 is 0 Å². The minimum atomic E-state index is 0.0361. The lowest BCUT2D eigenvalue weighted by molar-refractivity contribution is 0.0757. The van der Waals surface area contributed by atoms with Gasteiger partial charge in [0.05, 0.1) is 6.10 Å². The number of nitrogens with one attached hydrogen (secondary N) is 1. The first-order chi connectivity index (χ1) is 7.54. The summed E-state index contributed by atoms with van der Waals surface area (Å²) in [5, 5.41) is 12.6. The molecular formula is C13H29NO2. The minimum Gasteiger partial charge on any atom is -0.396 e. The van der Waals surface area contributed by atoms with Crippen molar-refractivity contribution in [1.29, 1.82) is 0 Å². The first-order valence-electron chi connectivity index (χ1n) is 6.47. The van der Waals surface area contributed by atoms with Crippen molar-refractivity contribution in [3.05, 3.63) is 0 Å². The molecule has 0 aromatic heterocycles. The molecule has 98 valence electrons. The lowest BCUT2D eigenvalue weighted by Crippen LogP contribution is -2.34. The molecule has 2 N–H and O–H groups in total. The van der Waals surface area contributed by atoms with Crippen LogP contribution in [0.3, 0.4) is 0 Å². The van der Waals surface area contributed by atoms with Crippen molar-refractivity contribution in [2.75, 3.05) is 26.3 Å². The molecule has 1 atom stereocenters. The number of ether oxygens (including phenoxy) is 1. The topological polar surface area (TPSA) is 41.5 Å². The van der Waals surface area contributed by atoms with E-state index in [0.717, 1.165) is 39.0 Å². The third-order valence-corrected chi connectivity index (χ3v) is 2.99. The molecule has 0 spiro atoms. The molecule has 0 amide bonds. The fourth-order valence-corrected chi connectivity index (χ4v) is 1.35. The second-order valence-electron chi connectivity index (χ2n) is 5.13. The maximum absolute atomic E-state index is 9.23. The molecule has 0 fully saturated rings. The van der Waals surface area contributed by atoms with E-state index in [4.69, 9.17) is 4.74 Å². The molecule has 16 heavy (non-hydrogen) atoms. The van der Waals surface area contributed by atoms with Gasteiger partial charge in [-0.05, 0) is 39.7 Å². The molecule has 0 rings (SSSR count). The Labute approximate surface area is 101 Å². The van der Waals surface area contributed by atoms with Crippen LogP contribution in [0.2, 0.25) is 0 Å². The second-order valence-corrected chi connectivity index (χ2v) is 5.13. The number of rotatable bonds is 10. The van der Waals surface area contributed by atoms with Gasteiger partial charge in [0.25, 0.3) is 0 Å². The molecule has 0 heterocycles. The largest absolute Gasteiger partial charge is 0.396 e. The van der Waals surface area contributed by atoms with Crippen LogP contribution in [0.4, 0.5) is 0 Å². The molecule has 3 nitrogen and oxygen atoms in total. The van der Waals surface area contributed by atoms with Crippen LogP contribution >= 0.6 is 0 Å². The zero-order valence-corrected chi connectivity index (χ0v) is 11.4. The highest BCUT2D eigenvalue weighted by atomic mass is 16.5. The van der Waals surface area contributed by atoms with Crippen molar-refractivity contribution in [3.8, 4) is 0 Å². The van der Waals surface area contributed by atoms with Crippen molar-refractivity contribution in [1.82, 2.24) is 5.32 Å². The van der Waals surface area contributed by atoms with Gasteiger partial charge in [0.1, 0.15) is 0 Å². The first-order valence-corrected chi connectivity index (χ1v) is 6.47. The number of hydrogen-bond acceptors (Lipinski definition) is 3. The summed E-state index contributed by atoms with van der Waals surface area (Å²) in [6, 6.07) is 0. The van der Waals surface area contributed by atoms with Gasteiger partial charge in [0.2, 0.25) is 0 Å². The van der Waals surface area contributed by atoms with Crippen LogP contribution in [0.25, 0.3) is 0 Å². The maximum atomic E-state index is 9.23. The Morgan fingerprint density at radius 3 is 2.50 bits per heavy atom. The Kier molecular flexibility index (Phi) is 8.90. The molecule has 0 radical (unpaired) electrons. The predicted octanol–water partition coefficient (Wildman–Crippen LogP) is 2.19. The normalized spacial score (nSPS) is 15.4. The highest BCUT2D eigenvalue weighted by molar-refractivity contribution is 4.73. The van der Waals surface area contributed by atoms with Crippen LogP contribution in [0.5, 0.6) is 0 Å². The molecule has 0 aromatic rings. The van der Waals surface area contributed by atoms with Gasteiger partial charge in [-0.1, -0.05) is 13.8 Å². The van der Waals surface area contributed by atoms with E-state index in [1.54, 1.807) is 0 Å². The van der Waals surface area contributed by atoms with Crippen LogP contribution in [-0.2, 0) is 4.74 Å². The molecule has 0 aliphatic rings. The molecular weight excluding hydrogens is 202 g/mol. The second kappa shape index (κ2) is 8.97. The van der Waals surface area contributed by atoms with Crippen LogP contribution < -0.4 is 5.32 Å². The third kappa shape index (κ3) is 8.08. The summed E-state index contributed by atoms with van der Waals surface area (Å²) >= 11 is 0. The number of hydrogen-bond donors (Lipinski definition) is 2. The number of aliphatic hydroxyl groups excluding tert-OH is 1. The molecule has 0 saturated carbocycles.